The molecular weight excluding hydrogens is 394 g/mol. The largest absolute Gasteiger partial charge is 0.352 e. The molecule has 0 unspecified atom stereocenters. The summed E-state index contributed by atoms with van der Waals surface area (Å²) in [6.07, 6.45) is 3.98. The van der Waals surface area contributed by atoms with Crippen molar-refractivity contribution in [3.8, 4) is 0 Å². The molecule has 0 N–H and O–H groups in total. The molecule has 1 aliphatic heterocycles. The fourth-order valence-electron chi connectivity index (χ4n) is 4.28. The third kappa shape index (κ3) is 3.01. The van der Waals surface area contributed by atoms with Gasteiger partial charge < -0.3 is 9.80 Å². The molecule has 2 aliphatic rings. The van der Waals surface area contributed by atoms with Crippen LogP contribution in [-0.2, 0) is 0 Å². The highest BCUT2D eigenvalue weighted by molar-refractivity contribution is 7.16. The zero-order chi connectivity index (χ0) is 20.1. The van der Waals surface area contributed by atoms with Gasteiger partial charge in [0.2, 0.25) is 0 Å². The minimum absolute atomic E-state index is 0.110. The van der Waals surface area contributed by atoms with Gasteiger partial charge >= 0.3 is 0 Å². The van der Waals surface area contributed by atoms with Crippen LogP contribution in [0.1, 0.15) is 34.8 Å². The van der Waals surface area contributed by atoms with E-state index < -0.39 is 0 Å². The molecule has 4 aromatic rings. The molecule has 1 saturated heterocycles. The van der Waals surface area contributed by atoms with Crippen LogP contribution in [-0.4, -0.2) is 51.9 Å². The normalized spacial score (nSPS) is 17.1. The van der Waals surface area contributed by atoms with Crippen molar-refractivity contribution in [1.29, 1.82) is 0 Å². The third-order valence-electron chi connectivity index (χ3n) is 6.07. The second-order valence-corrected chi connectivity index (χ2v) is 8.90. The van der Waals surface area contributed by atoms with E-state index in [2.05, 4.69) is 26.3 Å². The molecule has 4 heterocycles. The van der Waals surface area contributed by atoms with Gasteiger partial charge in [-0.2, -0.15) is 0 Å². The van der Waals surface area contributed by atoms with Gasteiger partial charge in [0, 0.05) is 43.2 Å². The Hall–Kier alpha value is -3.06. The maximum Gasteiger partial charge on any atom is 0.254 e. The van der Waals surface area contributed by atoms with E-state index in [1.807, 2.05) is 35.2 Å². The number of piperazine rings is 1. The van der Waals surface area contributed by atoms with E-state index in [1.54, 1.807) is 17.7 Å². The van der Waals surface area contributed by atoms with E-state index in [4.69, 9.17) is 4.98 Å². The topological polar surface area (TPSA) is 62.2 Å². The predicted molar refractivity (Wildman–Crippen MR) is 119 cm³/mol. The van der Waals surface area contributed by atoms with Gasteiger partial charge in [-0.15, -0.1) is 11.3 Å². The fourth-order valence-corrected chi connectivity index (χ4v) is 5.01. The summed E-state index contributed by atoms with van der Waals surface area (Å²) in [6, 6.07) is 12.1. The standard InChI is InChI=1S/C23H21N5OS/c29-23(18-13-20(15-5-6-15)26-19-4-2-1-3-16(18)19)28-10-8-27(9-11-28)21-17-7-12-30-22(17)25-14-24-21/h1-4,7,12-15H,5-6,8-11H2. The molecule has 30 heavy (non-hydrogen) atoms. The van der Waals surface area contributed by atoms with E-state index in [0.29, 0.717) is 19.0 Å². The number of amides is 1. The maximum atomic E-state index is 13.5. The van der Waals surface area contributed by atoms with Crippen molar-refractivity contribution in [1.82, 2.24) is 19.9 Å². The van der Waals surface area contributed by atoms with E-state index in [-0.39, 0.29) is 5.91 Å². The highest BCUT2D eigenvalue weighted by Crippen LogP contribution is 2.40. The molecule has 1 aliphatic carbocycles. The molecule has 150 valence electrons. The lowest BCUT2D eigenvalue weighted by Gasteiger charge is -2.35. The Morgan fingerprint density at radius 2 is 1.83 bits per heavy atom. The molecule has 1 aromatic carbocycles. The summed E-state index contributed by atoms with van der Waals surface area (Å²) in [6.45, 7) is 2.91. The first-order valence-electron chi connectivity index (χ1n) is 10.4. The minimum atomic E-state index is 0.110. The summed E-state index contributed by atoms with van der Waals surface area (Å²) in [5.74, 6) is 1.60. The molecule has 6 nitrogen and oxygen atoms in total. The zero-order valence-electron chi connectivity index (χ0n) is 16.5. The Morgan fingerprint density at radius 1 is 1.00 bits per heavy atom. The second kappa shape index (κ2) is 7.02. The molecule has 2 fully saturated rings. The lowest BCUT2D eigenvalue weighted by molar-refractivity contribution is 0.0748. The fraction of sp³-hybridized carbons (Fsp3) is 0.304. The quantitative estimate of drug-likeness (QED) is 0.505. The highest BCUT2D eigenvalue weighted by atomic mass is 32.1. The number of pyridine rings is 1. The Labute approximate surface area is 178 Å². The van der Waals surface area contributed by atoms with Crippen LogP contribution in [0.25, 0.3) is 21.1 Å². The number of nitrogens with zero attached hydrogens (tertiary/aromatic N) is 5. The molecule has 0 spiro atoms. The van der Waals surface area contributed by atoms with Crippen LogP contribution >= 0.6 is 11.3 Å². The first-order chi connectivity index (χ1) is 14.8. The summed E-state index contributed by atoms with van der Waals surface area (Å²) in [5.41, 5.74) is 2.78. The van der Waals surface area contributed by atoms with Crippen molar-refractivity contribution in [3.63, 3.8) is 0 Å². The van der Waals surface area contributed by atoms with Crippen LogP contribution in [0.5, 0.6) is 0 Å². The van der Waals surface area contributed by atoms with Gasteiger partial charge in [-0.1, -0.05) is 18.2 Å². The van der Waals surface area contributed by atoms with Crippen LogP contribution in [0.15, 0.2) is 48.1 Å². The van der Waals surface area contributed by atoms with Gasteiger partial charge in [-0.05, 0) is 36.4 Å². The van der Waals surface area contributed by atoms with Crippen LogP contribution in [0.4, 0.5) is 5.82 Å². The van der Waals surface area contributed by atoms with E-state index in [0.717, 1.165) is 51.3 Å². The molecular formula is C23H21N5OS. The summed E-state index contributed by atoms with van der Waals surface area (Å²) < 4.78 is 0. The van der Waals surface area contributed by atoms with Crippen molar-refractivity contribution in [2.75, 3.05) is 31.1 Å². The van der Waals surface area contributed by atoms with E-state index in [9.17, 15) is 4.79 Å². The SMILES string of the molecule is O=C(c1cc(C2CC2)nc2ccccc12)N1CCN(c2ncnc3sccc23)CC1. The number of para-hydroxylation sites is 1. The summed E-state index contributed by atoms with van der Waals surface area (Å²) in [4.78, 5) is 32.4. The van der Waals surface area contributed by atoms with Crippen LogP contribution in [0.2, 0.25) is 0 Å². The number of fused-ring (bicyclic) bond motifs is 2. The molecule has 6 rings (SSSR count). The van der Waals surface area contributed by atoms with Gasteiger partial charge in [0.1, 0.15) is 17.0 Å². The first kappa shape index (κ1) is 17.8. The molecule has 1 saturated carbocycles. The lowest BCUT2D eigenvalue weighted by atomic mass is 10.0. The number of benzene rings is 1. The molecule has 0 radical (unpaired) electrons. The Balaban J connectivity index is 1.27. The molecule has 0 bridgehead atoms. The zero-order valence-corrected chi connectivity index (χ0v) is 17.3. The number of carbonyl (C=O) groups excluding carboxylic acids is 1. The average molecular weight is 416 g/mol. The molecule has 7 heteroatoms. The van der Waals surface area contributed by atoms with Crippen molar-refractivity contribution >= 4 is 44.2 Å². The Kier molecular flexibility index (Phi) is 4.16. The molecule has 3 aromatic heterocycles. The van der Waals surface area contributed by atoms with Crippen LogP contribution in [0.3, 0.4) is 0 Å². The van der Waals surface area contributed by atoms with Gasteiger partial charge in [-0.25, -0.2) is 9.97 Å². The van der Waals surface area contributed by atoms with Crippen LogP contribution < -0.4 is 4.90 Å². The molecule has 0 atom stereocenters. The number of thiophene rings is 1. The summed E-state index contributed by atoms with van der Waals surface area (Å²) in [5, 5.41) is 4.09. The van der Waals surface area contributed by atoms with Crippen molar-refractivity contribution in [2.45, 2.75) is 18.8 Å². The van der Waals surface area contributed by atoms with Crippen molar-refractivity contribution in [2.24, 2.45) is 0 Å². The van der Waals surface area contributed by atoms with Gasteiger partial charge in [-0.3, -0.25) is 9.78 Å². The first-order valence-corrected chi connectivity index (χ1v) is 11.3. The average Bonchev–Trinajstić information content (AvgIpc) is 3.54. The lowest BCUT2D eigenvalue weighted by Crippen LogP contribution is -2.49. The number of rotatable bonds is 3. The minimum Gasteiger partial charge on any atom is -0.352 e. The number of anilines is 1. The third-order valence-corrected chi connectivity index (χ3v) is 6.89. The van der Waals surface area contributed by atoms with E-state index in [1.165, 1.54) is 12.8 Å². The Morgan fingerprint density at radius 3 is 2.67 bits per heavy atom. The Bertz CT molecular complexity index is 1260. The predicted octanol–water partition coefficient (Wildman–Crippen LogP) is 4.08. The van der Waals surface area contributed by atoms with Crippen molar-refractivity contribution < 1.29 is 4.79 Å². The summed E-state index contributed by atoms with van der Waals surface area (Å²) in [7, 11) is 0. The van der Waals surface area contributed by atoms with Crippen LogP contribution in [0, 0.1) is 0 Å². The van der Waals surface area contributed by atoms with E-state index >= 15 is 0 Å². The van der Waals surface area contributed by atoms with Gasteiger partial charge in [0.25, 0.3) is 5.91 Å². The van der Waals surface area contributed by atoms with Crippen molar-refractivity contribution in [3.05, 3.63) is 59.4 Å². The molecule has 1 amide bonds. The smallest absolute Gasteiger partial charge is 0.254 e. The van der Waals surface area contributed by atoms with Gasteiger partial charge in [0.15, 0.2) is 0 Å². The second-order valence-electron chi connectivity index (χ2n) is 8.00. The monoisotopic (exact) mass is 415 g/mol. The number of aromatic nitrogens is 3. The highest BCUT2D eigenvalue weighted by Gasteiger charge is 2.29. The number of hydrogen-bond donors (Lipinski definition) is 0. The maximum absolute atomic E-state index is 13.5. The number of carbonyl (C=O) groups is 1. The number of hydrogen-bond acceptors (Lipinski definition) is 6. The summed E-state index contributed by atoms with van der Waals surface area (Å²) >= 11 is 1.63. The van der Waals surface area contributed by atoms with Gasteiger partial charge in [0.05, 0.1) is 16.5 Å².